The fraction of sp³-hybridized carbons (Fsp3) is 0.556. The number of hydrogen-bond donors (Lipinski definition) is 1. The van der Waals surface area contributed by atoms with Gasteiger partial charge in [0, 0.05) is 25.2 Å². The molecule has 2 heterocycles. The van der Waals surface area contributed by atoms with E-state index in [1.165, 1.54) is 0 Å². The summed E-state index contributed by atoms with van der Waals surface area (Å²) in [6.45, 7) is 6.32. The van der Waals surface area contributed by atoms with E-state index in [-0.39, 0.29) is 24.2 Å². The summed E-state index contributed by atoms with van der Waals surface area (Å²) in [6, 6.07) is 10.5. The number of carbonyl (C=O) groups is 1. The highest BCUT2D eigenvalue weighted by Gasteiger charge is 2.32. The molecule has 128 valence electrons. The molecule has 6 nitrogen and oxygen atoms in total. The van der Waals surface area contributed by atoms with Crippen molar-refractivity contribution in [1.29, 1.82) is 5.26 Å². The summed E-state index contributed by atoms with van der Waals surface area (Å²) in [4.78, 5) is 16.6. The van der Waals surface area contributed by atoms with E-state index < -0.39 is 0 Å². The molecule has 1 saturated heterocycles. The van der Waals surface area contributed by atoms with E-state index in [9.17, 15) is 4.79 Å². The molecule has 2 aliphatic rings. The van der Waals surface area contributed by atoms with Crippen LogP contribution in [-0.2, 0) is 6.42 Å². The van der Waals surface area contributed by atoms with Crippen molar-refractivity contribution in [1.82, 2.24) is 15.1 Å². The number of rotatable bonds is 2. The third kappa shape index (κ3) is 3.46. The number of para-hydroxylation sites is 1. The van der Waals surface area contributed by atoms with Crippen LogP contribution in [0.1, 0.15) is 19.4 Å². The molecule has 6 heteroatoms. The molecule has 1 aromatic rings. The normalized spacial score (nSPS) is 26.9. The van der Waals surface area contributed by atoms with Gasteiger partial charge in [-0.05, 0) is 31.9 Å². The summed E-state index contributed by atoms with van der Waals surface area (Å²) in [5.41, 5.74) is 1.13. The molecule has 0 saturated carbocycles. The molecule has 0 bridgehead atoms. The maximum Gasteiger partial charge on any atom is 0.317 e. The maximum atomic E-state index is 12.6. The molecule has 2 aliphatic heterocycles. The smallest absolute Gasteiger partial charge is 0.317 e. The lowest BCUT2D eigenvalue weighted by atomic mass is 10.0. The van der Waals surface area contributed by atoms with Gasteiger partial charge in [0.15, 0.2) is 0 Å². The first-order valence-electron chi connectivity index (χ1n) is 8.47. The average Bonchev–Trinajstić information content (AvgIpc) is 2.58. The Morgan fingerprint density at radius 3 is 2.75 bits per heavy atom. The molecule has 1 N–H and O–H groups in total. The van der Waals surface area contributed by atoms with Gasteiger partial charge < -0.3 is 15.0 Å². The number of piperazine rings is 1. The zero-order chi connectivity index (χ0) is 17.1. The van der Waals surface area contributed by atoms with Crippen LogP contribution in [0.25, 0.3) is 0 Å². The molecular formula is C18H24N4O2. The minimum absolute atomic E-state index is 0.00449. The van der Waals surface area contributed by atoms with Crippen molar-refractivity contribution < 1.29 is 9.53 Å². The predicted octanol–water partition coefficient (Wildman–Crippen LogP) is 1.62. The van der Waals surface area contributed by atoms with Gasteiger partial charge in [0.2, 0.25) is 0 Å². The van der Waals surface area contributed by atoms with E-state index in [0.29, 0.717) is 26.2 Å². The molecule has 0 aliphatic carbocycles. The van der Waals surface area contributed by atoms with Gasteiger partial charge in [-0.25, -0.2) is 4.79 Å². The minimum atomic E-state index is -0.0433. The maximum absolute atomic E-state index is 12.6. The fourth-order valence-corrected chi connectivity index (χ4v) is 3.60. The van der Waals surface area contributed by atoms with E-state index in [0.717, 1.165) is 17.7 Å². The molecule has 3 rings (SSSR count). The van der Waals surface area contributed by atoms with Gasteiger partial charge in [0.1, 0.15) is 12.4 Å². The van der Waals surface area contributed by atoms with Crippen molar-refractivity contribution in [3.05, 3.63) is 29.8 Å². The van der Waals surface area contributed by atoms with Crippen molar-refractivity contribution in [2.24, 2.45) is 0 Å². The van der Waals surface area contributed by atoms with E-state index in [2.05, 4.69) is 30.1 Å². The zero-order valence-corrected chi connectivity index (χ0v) is 14.2. The lowest BCUT2D eigenvalue weighted by molar-refractivity contribution is 0.0644. The highest BCUT2D eigenvalue weighted by atomic mass is 16.5. The Bertz CT molecular complexity index is 630. The zero-order valence-electron chi connectivity index (χ0n) is 14.2. The van der Waals surface area contributed by atoms with Gasteiger partial charge in [-0.15, -0.1) is 0 Å². The quantitative estimate of drug-likeness (QED) is 0.838. The molecule has 24 heavy (non-hydrogen) atoms. The third-order valence-electron chi connectivity index (χ3n) is 4.85. The minimum Gasteiger partial charge on any atom is -0.491 e. The first-order chi connectivity index (χ1) is 11.6. The van der Waals surface area contributed by atoms with Crippen molar-refractivity contribution in [3.8, 4) is 11.8 Å². The Labute approximate surface area is 143 Å². The van der Waals surface area contributed by atoms with Gasteiger partial charge in [0.25, 0.3) is 0 Å². The summed E-state index contributed by atoms with van der Waals surface area (Å²) in [6.07, 6.45) is 0.793. The van der Waals surface area contributed by atoms with Crippen LogP contribution in [0, 0.1) is 11.3 Å². The Hall–Kier alpha value is -2.26. The largest absolute Gasteiger partial charge is 0.491 e. The van der Waals surface area contributed by atoms with Crippen LogP contribution in [-0.4, -0.2) is 60.2 Å². The Balaban J connectivity index is 1.57. The first-order valence-corrected chi connectivity index (χ1v) is 8.47. The Morgan fingerprint density at radius 2 is 2.04 bits per heavy atom. The van der Waals surface area contributed by atoms with Crippen molar-refractivity contribution in [3.63, 3.8) is 0 Å². The third-order valence-corrected chi connectivity index (χ3v) is 4.85. The Morgan fingerprint density at radius 1 is 1.33 bits per heavy atom. The van der Waals surface area contributed by atoms with Crippen LogP contribution in [0.3, 0.4) is 0 Å². The van der Waals surface area contributed by atoms with Gasteiger partial charge >= 0.3 is 6.03 Å². The molecule has 1 fully saturated rings. The SMILES string of the molecule is CC1CN(C(=O)NC2COc3ccccc3C2)CC(C)N1CC#N. The number of urea groups is 1. The number of nitrogens with zero attached hydrogens (tertiary/aromatic N) is 3. The van der Waals surface area contributed by atoms with E-state index >= 15 is 0 Å². The highest BCUT2D eigenvalue weighted by molar-refractivity contribution is 5.75. The van der Waals surface area contributed by atoms with Gasteiger partial charge in [-0.2, -0.15) is 5.26 Å². The second kappa shape index (κ2) is 7.10. The molecular weight excluding hydrogens is 304 g/mol. The number of ether oxygens (including phenoxy) is 1. The molecule has 3 atom stereocenters. The summed E-state index contributed by atoms with van der Waals surface area (Å²) in [7, 11) is 0. The van der Waals surface area contributed by atoms with E-state index in [4.69, 9.17) is 10.00 Å². The van der Waals surface area contributed by atoms with Crippen LogP contribution in [0.4, 0.5) is 4.79 Å². The fourth-order valence-electron chi connectivity index (χ4n) is 3.60. The number of fused-ring (bicyclic) bond motifs is 1. The van der Waals surface area contributed by atoms with Crippen molar-refractivity contribution in [2.45, 2.75) is 38.4 Å². The molecule has 2 amide bonds. The van der Waals surface area contributed by atoms with E-state index in [1.807, 2.05) is 29.2 Å². The monoisotopic (exact) mass is 328 g/mol. The molecule has 0 aromatic heterocycles. The van der Waals surface area contributed by atoms with Gasteiger partial charge in [0.05, 0.1) is 18.7 Å². The summed E-state index contributed by atoms with van der Waals surface area (Å²) in [5, 5.41) is 12.0. The van der Waals surface area contributed by atoms with Crippen LogP contribution < -0.4 is 10.1 Å². The average molecular weight is 328 g/mol. The molecule has 1 aromatic carbocycles. The van der Waals surface area contributed by atoms with Crippen molar-refractivity contribution >= 4 is 6.03 Å². The molecule has 0 radical (unpaired) electrons. The molecule has 3 unspecified atom stereocenters. The number of carbonyl (C=O) groups excluding carboxylic acids is 1. The first kappa shape index (κ1) is 16.6. The second-order valence-electron chi connectivity index (χ2n) is 6.70. The standard InChI is InChI=1S/C18H24N4O2/c1-13-10-21(11-14(2)22(13)8-7-19)18(23)20-16-9-15-5-3-4-6-17(15)24-12-16/h3-6,13-14,16H,8-12H2,1-2H3,(H,20,23). The highest BCUT2D eigenvalue weighted by Crippen LogP contribution is 2.24. The van der Waals surface area contributed by atoms with Crippen LogP contribution >= 0.6 is 0 Å². The van der Waals surface area contributed by atoms with Gasteiger partial charge in [-0.1, -0.05) is 18.2 Å². The van der Waals surface area contributed by atoms with E-state index in [1.54, 1.807) is 0 Å². The Kier molecular flexibility index (Phi) is 4.91. The summed E-state index contributed by atoms with van der Waals surface area (Å²) < 4.78 is 5.74. The molecule has 0 spiro atoms. The number of nitriles is 1. The van der Waals surface area contributed by atoms with Crippen LogP contribution in [0.15, 0.2) is 24.3 Å². The number of hydrogen-bond acceptors (Lipinski definition) is 4. The van der Waals surface area contributed by atoms with Gasteiger partial charge in [-0.3, -0.25) is 4.90 Å². The van der Waals surface area contributed by atoms with Crippen LogP contribution in [0.2, 0.25) is 0 Å². The predicted molar refractivity (Wildman–Crippen MR) is 90.8 cm³/mol. The second-order valence-corrected chi connectivity index (χ2v) is 6.70. The summed E-state index contributed by atoms with van der Waals surface area (Å²) in [5.74, 6) is 0.912. The number of amides is 2. The number of nitrogens with one attached hydrogen (secondary N) is 1. The van der Waals surface area contributed by atoms with Crippen LogP contribution in [0.5, 0.6) is 5.75 Å². The summed E-state index contributed by atoms with van der Waals surface area (Å²) >= 11 is 0. The van der Waals surface area contributed by atoms with Crippen molar-refractivity contribution in [2.75, 3.05) is 26.2 Å². The lowest BCUT2D eigenvalue weighted by Gasteiger charge is -2.43. The lowest BCUT2D eigenvalue weighted by Crippen LogP contribution is -2.61. The number of benzene rings is 1. The topological polar surface area (TPSA) is 68.6 Å².